The molecule has 0 atom stereocenters. The molecule has 0 unspecified atom stereocenters. The molecule has 0 aliphatic rings. The molecule has 3 aromatic rings. The van der Waals surface area contributed by atoms with E-state index in [2.05, 4.69) is 15.0 Å². The molecule has 0 spiro atoms. The van der Waals surface area contributed by atoms with Crippen LogP contribution in [0.5, 0.6) is 0 Å². The number of hydrogen-bond acceptors (Lipinski definition) is 4. The van der Waals surface area contributed by atoms with E-state index in [1.54, 1.807) is 24.5 Å². The predicted octanol–water partition coefficient (Wildman–Crippen LogP) is 2.26. The molecule has 0 radical (unpaired) electrons. The molecule has 18 heavy (non-hydrogen) atoms. The number of nitrogens with zero attached hydrogens (tertiary/aromatic N) is 3. The van der Waals surface area contributed by atoms with Gasteiger partial charge in [-0.05, 0) is 18.2 Å². The van der Waals surface area contributed by atoms with Crippen molar-refractivity contribution in [1.29, 1.82) is 0 Å². The monoisotopic (exact) mass is 235 g/mol. The summed E-state index contributed by atoms with van der Waals surface area (Å²) in [6.45, 7) is 0. The van der Waals surface area contributed by atoms with Crippen LogP contribution in [0.4, 0.5) is 0 Å². The Hall–Kier alpha value is -2.62. The van der Waals surface area contributed by atoms with E-state index in [9.17, 15) is 4.79 Å². The topological polar surface area (TPSA) is 55.7 Å². The van der Waals surface area contributed by atoms with Gasteiger partial charge in [-0.1, -0.05) is 18.2 Å². The van der Waals surface area contributed by atoms with Gasteiger partial charge in [-0.3, -0.25) is 9.78 Å². The number of carbonyl (C=O) groups is 1. The maximum Gasteiger partial charge on any atom is 0.212 e. The van der Waals surface area contributed by atoms with Crippen LogP contribution in [0.15, 0.2) is 55.1 Å². The number of pyridine rings is 1. The third-order valence-corrected chi connectivity index (χ3v) is 2.70. The third kappa shape index (κ3) is 1.73. The molecule has 0 saturated heterocycles. The second-order valence-electron chi connectivity index (χ2n) is 3.80. The summed E-state index contributed by atoms with van der Waals surface area (Å²) in [6, 6.07) is 10.8. The van der Waals surface area contributed by atoms with Crippen LogP contribution in [0.2, 0.25) is 0 Å². The van der Waals surface area contributed by atoms with Crippen molar-refractivity contribution in [3.05, 3.63) is 66.4 Å². The number of rotatable bonds is 2. The van der Waals surface area contributed by atoms with Gasteiger partial charge in [-0.25, -0.2) is 9.97 Å². The van der Waals surface area contributed by atoms with Crippen LogP contribution in [0.25, 0.3) is 10.9 Å². The van der Waals surface area contributed by atoms with Gasteiger partial charge in [0.1, 0.15) is 12.0 Å². The molecule has 86 valence electrons. The lowest BCUT2D eigenvalue weighted by atomic mass is 10.0. The van der Waals surface area contributed by atoms with Crippen LogP contribution in [-0.4, -0.2) is 20.7 Å². The number of ketones is 1. The van der Waals surface area contributed by atoms with E-state index >= 15 is 0 Å². The molecule has 2 heterocycles. The summed E-state index contributed by atoms with van der Waals surface area (Å²) < 4.78 is 0. The molecule has 4 heteroatoms. The summed E-state index contributed by atoms with van der Waals surface area (Å²) in [7, 11) is 0. The average molecular weight is 235 g/mol. The molecule has 0 N–H and O–H groups in total. The zero-order valence-corrected chi connectivity index (χ0v) is 9.45. The summed E-state index contributed by atoms with van der Waals surface area (Å²) in [5.74, 6) is -0.115. The first-order chi connectivity index (χ1) is 8.86. The highest BCUT2D eigenvalue weighted by atomic mass is 16.1. The molecule has 0 saturated carbocycles. The lowest BCUT2D eigenvalue weighted by molar-refractivity contribution is 0.103. The van der Waals surface area contributed by atoms with Crippen molar-refractivity contribution in [2.75, 3.05) is 0 Å². The maximum absolute atomic E-state index is 12.3. The first kappa shape index (κ1) is 10.5. The minimum absolute atomic E-state index is 0.115. The number of carbonyl (C=O) groups excluding carboxylic acids is 1. The van der Waals surface area contributed by atoms with Gasteiger partial charge in [0.05, 0.1) is 5.52 Å². The Labute approximate surface area is 103 Å². The normalized spacial score (nSPS) is 10.4. The van der Waals surface area contributed by atoms with E-state index in [0.717, 1.165) is 10.9 Å². The molecule has 1 aromatic carbocycles. The first-order valence-electron chi connectivity index (χ1n) is 5.51. The summed E-state index contributed by atoms with van der Waals surface area (Å²) >= 11 is 0. The summed E-state index contributed by atoms with van der Waals surface area (Å²) in [5, 5.41) is 0.837. The molecule has 0 aliphatic carbocycles. The van der Waals surface area contributed by atoms with Gasteiger partial charge in [0.15, 0.2) is 0 Å². The van der Waals surface area contributed by atoms with E-state index in [1.807, 2.05) is 24.3 Å². The molecule has 0 amide bonds. The van der Waals surface area contributed by atoms with Crippen LogP contribution < -0.4 is 0 Å². The smallest absolute Gasteiger partial charge is 0.212 e. The van der Waals surface area contributed by atoms with Crippen molar-refractivity contribution < 1.29 is 4.79 Å². The van der Waals surface area contributed by atoms with Crippen molar-refractivity contribution in [2.45, 2.75) is 0 Å². The number of aromatic nitrogens is 3. The van der Waals surface area contributed by atoms with Crippen LogP contribution in [0.1, 0.15) is 16.1 Å². The van der Waals surface area contributed by atoms with E-state index in [4.69, 9.17) is 0 Å². The Morgan fingerprint density at radius 3 is 2.72 bits per heavy atom. The van der Waals surface area contributed by atoms with Gasteiger partial charge in [-0.15, -0.1) is 0 Å². The van der Waals surface area contributed by atoms with Gasteiger partial charge in [-0.2, -0.15) is 0 Å². The Balaban J connectivity index is 2.18. The Morgan fingerprint density at radius 2 is 1.89 bits per heavy atom. The summed E-state index contributed by atoms with van der Waals surface area (Å²) in [6.07, 6.45) is 4.64. The largest absolute Gasteiger partial charge is 0.287 e. The Morgan fingerprint density at radius 1 is 0.944 bits per heavy atom. The average Bonchev–Trinajstić information content (AvgIpc) is 2.47. The van der Waals surface area contributed by atoms with E-state index < -0.39 is 0 Å². The highest BCUT2D eigenvalue weighted by Crippen LogP contribution is 2.18. The number of fused-ring (bicyclic) bond motifs is 1. The van der Waals surface area contributed by atoms with Crippen molar-refractivity contribution in [3.63, 3.8) is 0 Å². The van der Waals surface area contributed by atoms with Gasteiger partial charge >= 0.3 is 0 Å². The van der Waals surface area contributed by atoms with Crippen LogP contribution in [0, 0.1) is 0 Å². The summed E-state index contributed by atoms with van der Waals surface area (Å²) in [5.41, 5.74) is 1.80. The fraction of sp³-hybridized carbons (Fsp3) is 0. The molecular formula is C14H9N3O. The number of benzene rings is 1. The highest BCUT2D eigenvalue weighted by molar-refractivity contribution is 6.14. The lowest BCUT2D eigenvalue weighted by Gasteiger charge is -2.04. The number of hydrogen-bond donors (Lipinski definition) is 0. The minimum Gasteiger partial charge on any atom is -0.287 e. The standard InChI is InChI=1S/C14H9N3O/c18-14(13-6-8-15-9-17-13)11-3-1-5-12-10(11)4-2-7-16-12/h1-9H. The van der Waals surface area contributed by atoms with E-state index in [-0.39, 0.29) is 5.78 Å². The van der Waals surface area contributed by atoms with Crippen LogP contribution in [-0.2, 0) is 0 Å². The van der Waals surface area contributed by atoms with Crippen LogP contribution >= 0.6 is 0 Å². The zero-order valence-electron chi connectivity index (χ0n) is 9.45. The quantitative estimate of drug-likeness (QED) is 0.639. The third-order valence-electron chi connectivity index (χ3n) is 2.70. The Bertz CT molecular complexity index is 705. The van der Waals surface area contributed by atoms with Crippen molar-refractivity contribution in [3.8, 4) is 0 Å². The van der Waals surface area contributed by atoms with Crippen LogP contribution in [0.3, 0.4) is 0 Å². The zero-order chi connectivity index (χ0) is 12.4. The molecule has 0 aliphatic heterocycles. The lowest BCUT2D eigenvalue weighted by Crippen LogP contribution is -2.04. The van der Waals surface area contributed by atoms with Gasteiger partial charge in [0.2, 0.25) is 5.78 Å². The molecule has 0 bridgehead atoms. The van der Waals surface area contributed by atoms with E-state index in [0.29, 0.717) is 11.3 Å². The van der Waals surface area contributed by atoms with E-state index in [1.165, 1.54) is 6.33 Å². The summed E-state index contributed by atoms with van der Waals surface area (Å²) in [4.78, 5) is 24.4. The SMILES string of the molecule is O=C(c1ccncn1)c1cccc2ncccc12. The Kier molecular flexibility index (Phi) is 2.53. The van der Waals surface area contributed by atoms with Crippen molar-refractivity contribution in [1.82, 2.24) is 15.0 Å². The van der Waals surface area contributed by atoms with Gasteiger partial charge in [0.25, 0.3) is 0 Å². The minimum atomic E-state index is -0.115. The molecule has 3 rings (SSSR count). The van der Waals surface area contributed by atoms with Gasteiger partial charge in [0, 0.05) is 23.3 Å². The predicted molar refractivity (Wildman–Crippen MR) is 67.2 cm³/mol. The van der Waals surface area contributed by atoms with Gasteiger partial charge < -0.3 is 0 Å². The second kappa shape index (κ2) is 4.33. The second-order valence-corrected chi connectivity index (χ2v) is 3.80. The fourth-order valence-electron chi connectivity index (χ4n) is 1.86. The fourth-order valence-corrected chi connectivity index (χ4v) is 1.86. The van der Waals surface area contributed by atoms with Crippen molar-refractivity contribution >= 4 is 16.7 Å². The highest BCUT2D eigenvalue weighted by Gasteiger charge is 2.13. The first-order valence-corrected chi connectivity index (χ1v) is 5.51. The molecular weight excluding hydrogens is 226 g/mol. The molecule has 4 nitrogen and oxygen atoms in total. The maximum atomic E-state index is 12.3. The molecule has 2 aromatic heterocycles. The molecule has 0 fully saturated rings. The van der Waals surface area contributed by atoms with Crippen molar-refractivity contribution in [2.24, 2.45) is 0 Å².